The number of carbonyl (C=O) groups is 1. The van der Waals surface area contributed by atoms with Crippen LogP contribution in [0.5, 0.6) is 5.75 Å². The highest BCUT2D eigenvalue weighted by Gasteiger charge is 2.16. The lowest BCUT2D eigenvalue weighted by atomic mass is 10.1. The van der Waals surface area contributed by atoms with E-state index in [4.69, 9.17) is 33.0 Å². The number of ether oxygens (including phenoxy) is 1. The third-order valence-electron chi connectivity index (χ3n) is 5.29. The molecule has 1 aromatic heterocycles. The first-order valence-electron chi connectivity index (χ1n) is 10.2. The normalized spacial score (nSPS) is 10.8. The highest BCUT2D eigenvalue weighted by Crippen LogP contribution is 2.32. The Bertz CT molecular complexity index is 1360. The summed E-state index contributed by atoms with van der Waals surface area (Å²) in [4.78, 5) is 17.2. The number of anilines is 1. The van der Waals surface area contributed by atoms with Crippen molar-refractivity contribution in [3.8, 4) is 17.2 Å². The largest absolute Gasteiger partial charge is 0.495 e. The molecule has 0 bridgehead atoms. The van der Waals surface area contributed by atoms with Crippen LogP contribution in [-0.4, -0.2) is 23.1 Å². The second kappa shape index (κ2) is 9.21. The van der Waals surface area contributed by atoms with E-state index in [0.717, 1.165) is 33.4 Å². The van der Waals surface area contributed by atoms with Gasteiger partial charge in [-0.1, -0.05) is 17.7 Å². The standard InChI is InChI=1S/C25H22ClN3O3S/c1-13-5-7-17(18(26)9-13)23(30)29-25(33)28-20-12-16(6-8-21(20)31-4)24-27-19-10-14(2)15(3)11-22(19)32-24/h5-12H,1-4H3,(H2,28,29,30,33). The second-order valence-electron chi connectivity index (χ2n) is 7.73. The summed E-state index contributed by atoms with van der Waals surface area (Å²) < 4.78 is 11.4. The van der Waals surface area contributed by atoms with Crippen LogP contribution in [0.3, 0.4) is 0 Å². The first-order chi connectivity index (χ1) is 15.7. The van der Waals surface area contributed by atoms with Crippen LogP contribution in [0.25, 0.3) is 22.6 Å². The Morgan fingerprint density at radius 1 is 1.06 bits per heavy atom. The zero-order valence-corrected chi connectivity index (χ0v) is 20.1. The number of amides is 1. The highest BCUT2D eigenvalue weighted by molar-refractivity contribution is 7.80. The lowest BCUT2D eigenvalue weighted by Crippen LogP contribution is -2.34. The van der Waals surface area contributed by atoms with Gasteiger partial charge in [0.1, 0.15) is 11.3 Å². The van der Waals surface area contributed by atoms with Gasteiger partial charge >= 0.3 is 0 Å². The van der Waals surface area contributed by atoms with E-state index in [9.17, 15) is 4.79 Å². The molecule has 0 aliphatic rings. The van der Waals surface area contributed by atoms with Crippen molar-refractivity contribution in [1.82, 2.24) is 10.3 Å². The van der Waals surface area contributed by atoms with E-state index in [0.29, 0.717) is 27.9 Å². The molecular weight excluding hydrogens is 458 g/mol. The Morgan fingerprint density at radius 2 is 1.82 bits per heavy atom. The summed E-state index contributed by atoms with van der Waals surface area (Å²) >= 11 is 11.5. The van der Waals surface area contributed by atoms with Crippen LogP contribution in [0.15, 0.2) is 52.9 Å². The van der Waals surface area contributed by atoms with E-state index in [1.54, 1.807) is 31.4 Å². The second-order valence-corrected chi connectivity index (χ2v) is 8.55. The maximum absolute atomic E-state index is 12.6. The zero-order chi connectivity index (χ0) is 23.7. The Balaban J connectivity index is 1.58. The summed E-state index contributed by atoms with van der Waals surface area (Å²) in [5.41, 5.74) is 6.39. The first-order valence-corrected chi connectivity index (χ1v) is 11.0. The molecule has 3 aromatic carbocycles. The zero-order valence-electron chi connectivity index (χ0n) is 18.6. The fourth-order valence-corrected chi connectivity index (χ4v) is 3.89. The number of aromatic nitrogens is 1. The van der Waals surface area contributed by atoms with Gasteiger partial charge < -0.3 is 14.5 Å². The Labute approximate surface area is 201 Å². The molecule has 0 spiro atoms. The molecule has 0 fully saturated rings. The molecule has 4 aromatic rings. The fraction of sp³-hybridized carbons (Fsp3) is 0.160. The fourth-order valence-electron chi connectivity index (χ4n) is 3.37. The number of nitrogens with one attached hydrogen (secondary N) is 2. The summed E-state index contributed by atoms with van der Waals surface area (Å²) in [7, 11) is 1.55. The number of nitrogens with zero attached hydrogens (tertiary/aromatic N) is 1. The summed E-state index contributed by atoms with van der Waals surface area (Å²) in [5.74, 6) is 0.617. The van der Waals surface area contributed by atoms with Crippen molar-refractivity contribution in [1.29, 1.82) is 0 Å². The predicted octanol–water partition coefficient (Wildman–Crippen LogP) is 6.21. The lowest BCUT2D eigenvalue weighted by Gasteiger charge is -2.14. The van der Waals surface area contributed by atoms with Gasteiger partial charge in [0.15, 0.2) is 10.7 Å². The van der Waals surface area contributed by atoms with Crippen molar-refractivity contribution in [2.45, 2.75) is 20.8 Å². The van der Waals surface area contributed by atoms with E-state index < -0.39 is 5.91 Å². The van der Waals surface area contributed by atoms with E-state index in [-0.39, 0.29) is 5.11 Å². The van der Waals surface area contributed by atoms with Gasteiger partial charge in [-0.15, -0.1) is 0 Å². The van der Waals surface area contributed by atoms with Crippen molar-refractivity contribution in [3.63, 3.8) is 0 Å². The summed E-state index contributed by atoms with van der Waals surface area (Å²) in [5, 5.41) is 6.13. The van der Waals surface area contributed by atoms with Crippen molar-refractivity contribution < 1.29 is 13.9 Å². The Kier molecular flexibility index (Phi) is 6.35. The highest BCUT2D eigenvalue weighted by atomic mass is 35.5. The third-order valence-corrected chi connectivity index (χ3v) is 5.81. The molecule has 0 aliphatic heterocycles. The molecule has 1 heterocycles. The van der Waals surface area contributed by atoms with Crippen molar-refractivity contribution >= 4 is 51.6 Å². The van der Waals surface area contributed by atoms with Gasteiger partial charge in [0.25, 0.3) is 5.91 Å². The van der Waals surface area contributed by atoms with Crippen LogP contribution in [0.1, 0.15) is 27.0 Å². The maximum Gasteiger partial charge on any atom is 0.258 e. The number of hydrogen-bond donors (Lipinski definition) is 2. The quantitative estimate of drug-likeness (QED) is 0.339. The van der Waals surface area contributed by atoms with E-state index in [1.165, 1.54) is 0 Å². The molecular formula is C25H22ClN3O3S. The maximum atomic E-state index is 12.6. The van der Waals surface area contributed by atoms with Crippen LogP contribution in [0.4, 0.5) is 5.69 Å². The number of benzene rings is 3. The number of methoxy groups -OCH3 is 1. The number of hydrogen-bond acceptors (Lipinski definition) is 5. The van der Waals surface area contributed by atoms with Gasteiger partial charge in [0, 0.05) is 5.56 Å². The smallest absolute Gasteiger partial charge is 0.258 e. The minimum atomic E-state index is -0.405. The number of halogens is 1. The molecule has 6 nitrogen and oxygen atoms in total. The van der Waals surface area contributed by atoms with Gasteiger partial charge in [0.2, 0.25) is 5.89 Å². The van der Waals surface area contributed by atoms with Gasteiger partial charge in [-0.3, -0.25) is 10.1 Å². The average Bonchev–Trinajstić information content (AvgIpc) is 3.16. The Morgan fingerprint density at radius 3 is 2.55 bits per heavy atom. The molecule has 0 radical (unpaired) electrons. The van der Waals surface area contributed by atoms with E-state index in [1.807, 2.05) is 45.0 Å². The summed E-state index contributed by atoms with van der Waals surface area (Å²) in [6.45, 7) is 5.97. The van der Waals surface area contributed by atoms with E-state index in [2.05, 4.69) is 15.6 Å². The van der Waals surface area contributed by atoms with Crippen molar-refractivity contribution in [2.24, 2.45) is 0 Å². The summed E-state index contributed by atoms with van der Waals surface area (Å²) in [6, 6.07) is 14.6. The number of oxazole rings is 1. The lowest BCUT2D eigenvalue weighted by molar-refractivity contribution is 0.0978. The van der Waals surface area contributed by atoms with Gasteiger partial charge in [-0.25, -0.2) is 4.98 Å². The molecule has 2 N–H and O–H groups in total. The van der Waals surface area contributed by atoms with Crippen molar-refractivity contribution in [2.75, 3.05) is 12.4 Å². The van der Waals surface area contributed by atoms with Gasteiger partial charge in [-0.05, 0) is 92.1 Å². The molecule has 8 heteroatoms. The van der Waals surface area contributed by atoms with Crippen molar-refractivity contribution in [3.05, 3.63) is 75.8 Å². The number of carbonyl (C=O) groups excluding carboxylic acids is 1. The number of rotatable bonds is 4. The van der Waals surface area contributed by atoms with Crippen LogP contribution < -0.4 is 15.4 Å². The molecule has 1 amide bonds. The minimum Gasteiger partial charge on any atom is -0.495 e. The molecule has 0 saturated heterocycles. The van der Waals surface area contributed by atoms with Gasteiger partial charge in [0.05, 0.1) is 23.4 Å². The molecule has 4 rings (SSSR count). The van der Waals surface area contributed by atoms with Crippen LogP contribution >= 0.6 is 23.8 Å². The molecule has 0 aliphatic carbocycles. The average molecular weight is 480 g/mol. The molecule has 0 atom stereocenters. The number of thiocarbonyl (C=S) groups is 1. The molecule has 168 valence electrons. The van der Waals surface area contributed by atoms with Crippen LogP contribution in [0, 0.1) is 20.8 Å². The topological polar surface area (TPSA) is 76.4 Å². The number of fused-ring (bicyclic) bond motifs is 1. The minimum absolute atomic E-state index is 0.107. The number of aryl methyl sites for hydroxylation is 3. The third kappa shape index (κ3) is 4.84. The van der Waals surface area contributed by atoms with Gasteiger partial charge in [-0.2, -0.15) is 0 Å². The van der Waals surface area contributed by atoms with E-state index >= 15 is 0 Å². The Hall–Kier alpha value is -3.42. The molecule has 0 saturated carbocycles. The summed E-state index contributed by atoms with van der Waals surface area (Å²) in [6.07, 6.45) is 0. The van der Waals surface area contributed by atoms with Crippen LogP contribution in [-0.2, 0) is 0 Å². The molecule has 33 heavy (non-hydrogen) atoms. The first kappa shape index (κ1) is 22.8. The predicted molar refractivity (Wildman–Crippen MR) is 135 cm³/mol. The monoisotopic (exact) mass is 479 g/mol. The molecule has 0 unspecified atom stereocenters. The SMILES string of the molecule is COc1ccc(-c2nc3cc(C)c(C)cc3o2)cc1NC(=S)NC(=O)c1ccc(C)cc1Cl. The van der Waals surface area contributed by atoms with Crippen LogP contribution in [0.2, 0.25) is 5.02 Å².